The fraction of sp³-hybridized carbons (Fsp3) is 0.273. The molecule has 2 heterocycles. The molecule has 4 rings (SSSR count). The Morgan fingerprint density at radius 2 is 1.70 bits per heavy atom. The molecule has 1 aliphatic rings. The average Bonchev–Trinajstić information content (AvgIpc) is 3.28. The molecule has 0 spiro atoms. The molecule has 1 aromatic heterocycles. The van der Waals surface area contributed by atoms with Gasteiger partial charge in [-0.05, 0) is 42.0 Å². The van der Waals surface area contributed by atoms with E-state index in [9.17, 15) is 8.42 Å². The van der Waals surface area contributed by atoms with Crippen LogP contribution in [-0.2, 0) is 16.6 Å². The molecule has 0 saturated heterocycles. The standard InChI is InChI=1S/C22H26N6O4S/c1-3-28(4-2)33(29,30)17-8-6-16(7-9-17)27-22-20(23)21(25-13-26-22)24-12-15-5-10-18-19(11-15)32-14-31-18/h5-11,13H,3-4,12,14,23H2,1-2H3,(H2,24,25,26,27). The molecule has 174 valence electrons. The molecule has 0 unspecified atom stereocenters. The van der Waals surface area contributed by atoms with Gasteiger partial charge in [0.25, 0.3) is 0 Å². The first-order valence-electron chi connectivity index (χ1n) is 10.5. The Morgan fingerprint density at radius 3 is 2.42 bits per heavy atom. The molecule has 11 heteroatoms. The van der Waals surface area contributed by atoms with E-state index in [0.717, 1.165) is 11.3 Å². The summed E-state index contributed by atoms with van der Waals surface area (Å²) in [4.78, 5) is 8.67. The second-order valence-electron chi connectivity index (χ2n) is 7.26. The van der Waals surface area contributed by atoms with Crippen LogP contribution in [0, 0.1) is 0 Å². The van der Waals surface area contributed by atoms with Gasteiger partial charge in [0.05, 0.1) is 4.90 Å². The van der Waals surface area contributed by atoms with Gasteiger partial charge in [-0.25, -0.2) is 18.4 Å². The molecule has 0 bridgehead atoms. The van der Waals surface area contributed by atoms with E-state index in [4.69, 9.17) is 15.2 Å². The summed E-state index contributed by atoms with van der Waals surface area (Å²) in [5.74, 6) is 2.32. The number of nitrogens with zero attached hydrogens (tertiary/aromatic N) is 3. The van der Waals surface area contributed by atoms with Gasteiger partial charge >= 0.3 is 0 Å². The number of aromatic nitrogens is 2. The van der Waals surface area contributed by atoms with E-state index in [-0.39, 0.29) is 11.7 Å². The van der Waals surface area contributed by atoms with E-state index >= 15 is 0 Å². The van der Waals surface area contributed by atoms with Crippen molar-refractivity contribution < 1.29 is 17.9 Å². The van der Waals surface area contributed by atoms with Crippen LogP contribution in [0.3, 0.4) is 0 Å². The minimum absolute atomic E-state index is 0.225. The third-order valence-electron chi connectivity index (χ3n) is 5.24. The number of fused-ring (bicyclic) bond motifs is 1. The van der Waals surface area contributed by atoms with Crippen LogP contribution in [0.25, 0.3) is 0 Å². The number of anilines is 4. The Balaban J connectivity index is 1.45. The number of nitrogens with two attached hydrogens (primary N) is 1. The lowest BCUT2D eigenvalue weighted by Crippen LogP contribution is -2.30. The summed E-state index contributed by atoms with van der Waals surface area (Å²) in [6, 6.07) is 12.2. The third-order valence-corrected chi connectivity index (χ3v) is 7.31. The van der Waals surface area contributed by atoms with Crippen molar-refractivity contribution in [2.24, 2.45) is 0 Å². The van der Waals surface area contributed by atoms with Crippen molar-refractivity contribution in [2.75, 3.05) is 36.2 Å². The van der Waals surface area contributed by atoms with Crippen molar-refractivity contribution in [1.82, 2.24) is 14.3 Å². The molecule has 0 aliphatic carbocycles. The molecule has 4 N–H and O–H groups in total. The van der Waals surface area contributed by atoms with E-state index in [1.807, 2.05) is 32.0 Å². The summed E-state index contributed by atoms with van der Waals surface area (Å²) in [7, 11) is -3.51. The van der Waals surface area contributed by atoms with E-state index in [1.165, 1.54) is 10.6 Å². The smallest absolute Gasteiger partial charge is 0.243 e. The van der Waals surface area contributed by atoms with Crippen molar-refractivity contribution in [3.63, 3.8) is 0 Å². The van der Waals surface area contributed by atoms with Gasteiger partial charge in [-0.15, -0.1) is 0 Å². The molecule has 1 aliphatic heterocycles. The largest absolute Gasteiger partial charge is 0.454 e. The molecular weight excluding hydrogens is 444 g/mol. The van der Waals surface area contributed by atoms with Crippen LogP contribution in [0.1, 0.15) is 19.4 Å². The predicted octanol–water partition coefficient (Wildman–Crippen LogP) is 3.17. The maximum absolute atomic E-state index is 12.7. The van der Waals surface area contributed by atoms with Gasteiger partial charge < -0.3 is 25.8 Å². The number of nitrogen functional groups attached to an aromatic ring is 1. The highest BCUT2D eigenvalue weighted by Gasteiger charge is 2.21. The zero-order valence-corrected chi connectivity index (χ0v) is 19.2. The summed E-state index contributed by atoms with van der Waals surface area (Å²) in [6.07, 6.45) is 1.40. The van der Waals surface area contributed by atoms with E-state index < -0.39 is 10.0 Å². The van der Waals surface area contributed by atoms with Gasteiger partial charge in [0.1, 0.15) is 12.0 Å². The Bertz CT molecular complexity index is 1230. The minimum atomic E-state index is -3.51. The van der Waals surface area contributed by atoms with Gasteiger partial charge in [0.2, 0.25) is 16.8 Å². The Morgan fingerprint density at radius 1 is 1.00 bits per heavy atom. The van der Waals surface area contributed by atoms with Crippen LogP contribution in [0.2, 0.25) is 0 Å². The molecule has 0 atom stereocenters. The SMILES string of the molecule is CCN(CC)S(=O)(=O)c1ccc(Nc2ncnc(NCc3ccc4c(c3)OCO4)c2N)cc1. The molecule has 0 saturated carbocycles. The molecule has 0 radical (unpaired) electrons. The van der Waals surface area contributed by atoms with Gasteiger partial charge in [-0.3, -0.25) is 0 Å². The number of rotatable bonds is 9. The molecule has 10 nitrogen and oxygen atoms in total. The van der Waals surface area contributed by atoms with Crippen LogP contribution in [0.4, 0.5) is 23.0 Å². The maximum atomic E-state index is 12.7. The minimum Gasteiger partial charge on any atom is -0.454 e. The monoisotopic (exact) mass is 470 g/mol. The number of nitrogens with one attached hydrogen (secondary N) is 2. The summed E-state index contributed by atoms with van der Waals surface area (Å²) < 4.78 is 37.5. The van der Waals surface area contributed by atoms with Gasteiger partial charge in [0.15, 0.2) is 23.1 Å². The molecule has 2 aromatic carbocycles. The third kappa shape index (κ3) is 4.78. The molecule has 3 aromatic rings. The molecule has 0 amide bonds. The van der Waals surface area contributed by atoms with E-state index in [2.05, 4.69) is 20.6 Å². The second kappa shape index (κ2) is 9.51. The molecule has 0 fully saturated rings. The Labute approximate surface area is 192 Å². The number of ether oxygens (including phenoxy) is 2. The van der Waals surface area contributed by atoms with Gasteiger partial charge in [-0.1, -0.05) is 19.9 Å². The second-order valence-corrected chi connectivity index (χ2v) is 9.20. The van der Waals surface area contributed by atoms with Gasteiger partial charge in [0, 0.05) is 25.3 Å². The highest BCUT2D eigenvalue weighted by atomic mass is 32.2. The number of sulfonamides is 1. The van der Waals surface area contributed by atoms with Gasteiger partial charge in [-0.2, -0.15) is 4.31 Å². The van der Waals surface area contributed by atoms with Crippen molar-refractivity contribution in [1.29, 1.82) is 0 Å². The molecular formula is C22H26N6O4S. The number of hydrogen-bond acceptors (Lipinski definition) is 9. The van der Waals surface area contributed by atoms with Crippen molar-refractivity contribution in [2.45, 2.75) is 25.3 Å². The Hall–Kier alpha value is -3.57. The first-order valence-corrected chi connectivity index (χ1v) is 12.0. The van der Waals surface area contributed by atoms with E-state index in [0.29, 0.717) is 48.4 Å². The van der Waals surface area contributed by atoms with Crippen molar-refractivity contribution in [3.05, 3.63) is 54.4 Å². The van der Waals surface area contributed by atoms with Crippen LogP contribution in [0.5, 0.6) is 11.5 Å². The highest BCUT2D eigenvalue weighted by molar-refractivity contribution is 7.89. The lowest BCUT2D eigenvalue weighted by Gasteiger charge is -2.18. The lowest BCUT2D eigenvalue weighted by atomic mass is 10.2. The summed E-state index contributed by atoms with van der Waals surface area (Å²) >= 11 is 0. The number of benzene rings is 2. The quantitative estimate of drug-likeness (QED) is 0.431. The maximum Gasteiger partial charge on any atom is 0.243 e. The van der Waals surface area contributed by atoms with Crippen LogP contribution < -0.4 is 25.8 Å². The normalized spacial score (nSPS) is 12.7. The average molecular weight is 471 g/mol. The van der Waals surface area contributed by atoms with Crippen LogP contribution >= 0.6 is 0 Å². The zero-order valence-electron chi connectivity index (χ0n) is 18.4. The summed E-state index contributed by atoms with van der Waals surface area (Å²) in [6.45, 7) is 5.16. The highest BCUT2D eigenvalue weighted by Crippen LogP contribution is 2.33. The first kappa shape index (κ1) is 22.6. The van der Waals surface area contributed by atoms with Crippen LogP contribution in [0.15, 0.2) is 53.7 Å². The fourth-order valence-corrected chi connectivity index (χ4v) is 4.89. The zero-order chi connectivity index (χ0) is 23.4. The number of hydrogen-bond donors (Lipinski definition) is 3. The topological polar surface area (TPSA) is 132 Å². The Kier molecular flexibility index (Phi) is 6.52. The molecule has 33 heavy (non-hydrogen) atoms. The van der Waals surface area contributed by atoms with Crippen molar-refractivity contribution >= 4 is 33.0 Å². The van der Waals surface area contributed by atoms with Crippen molar-refractivity contribution in [3.8, 4) is 11.5 Å². The summed E-state index contributed by atoms with van der Waals surface area (Å²) in [5, 5.41) is 6.32. The van der Waals surface area contributed by atoms with Crippen LogP contribution in [-0.4, -0.2) is 42.6 Å². The van der Waals surface area contributed by atoms with E-state index in [1.54, 1.807) is 24.3 Å². The predicted molar refractivity (Wildman–Crippen MR) is 126 cm³/mol. The first-order chi connectivity index (χ1) is 15.9. The lowest BCUT2D eigenvalue weighted by molar-refractivity contribution is 0.174. The fourth-order valence-electron chi connectivity index (χ4n) is 3.43. The summed E-state index contributed by atoms with van der Waals surface area (Å²) in [5.41, 5.74) is 8.25.